The summed E-state index contributed by atoms with van der Waals surface area (Å²) in [6, 6.07) is 10.2. The van der Waals surface area contributed by atoms with Crippen molar-refractivity contribution in [3.8, 4) is 11.5 Å². The Morgan fingerprint density at radius 1 is 1.15 bits per heavy atom. The molecular formula is C25H32N2O4S2. The molecule has 0 aliphatic rings. The van der Waals surface area contributed by atoms with Crippen LogP contribution in [0.2, 0.25) is 0 Å². The summed E-state index contributed by atoms with van der Waals surface area (Å²) in [4.78, 5) is 17.0. The van der Waals surface area contributed by atoms with E-state index in [-0.39, 0.29) is 16.4 Å². The summed E-state index contributed by atoms with van der Waals surface area (Å²) < 4.78 is 12.0. The number of ether oxygens (including phenoxy) is 1. The molecular weight excluding hydrogens is 456 g/mol. The van der Waals surface area contributed by atoms with Crippen LogP contribution < -0.4 is 10.1 Å². The summed E-state index contributed by atoms with van der Waals surface area (Å²) >= 11 is 1.64. The van der Waals surface area contributed by atoms with Crippen LogP contribution in [0.3, 0.4) is 0 Å². The van der Waals surface area contributed by atoms with Gasteiger partial charge in [-0.3, -0.25) is 4.79 Å². The molecule has 3 rings (SSSR count). The smallest absolute Gasteiger partial charge is 0.257 e. The number of nitrogens with zero attached hydrogens (tertiary/aromatic N) is 1. The van der Waals surface area contributed by atoms with E-state index in [0.29, 0.717) is 30.3 Å². The van der Waals surface area contributed by atoms with Crippen molar-refractivity contribution in [3.63, 3.8) is 0 Å². The number of nitrogens with one attached hydrogen (secondary N) is 1. The summed E-state index contributed by atoms with van der Waals surface area (Å²) in [6.45, 7) is 7.47. The Bertz CT molecular complexity index is 1060. The van der Waals surface area contributed by atoms with Gasteiger partial charge in [0.05, 0.1) is 13.2 Å². The zero-order valence-electron chi connectivity index (χ0n) is 19.8. The van der Waals surface area contributed by atoms with Crippen LogP contribution >= 0.6 is 21.6 Å². The molecule has 0 saturated heterocycles. The quantitative estimate of drug-likeness (QED) is 0.385. The van der Waals surface area contributed by atoms with Crippen molar-refractivity contribution in [1.82, 2.24) is 4.98 Å². The third kappa shape index (κ3) is 7.22. The van der Waals surface area contributed by atoms with Gasteiger partial charge in [-0.1, -0.05) is 26.8 Å². The van der Waals surface area contributed by atoms with E-state index >= 15 is 0 Å². The molecule has 3 aromatic rings. The number of thiophene rings is 1. The van der Waals surface area contributed by atoms with E-state index in [1.807, 2.05) is 17.5 Å². The minimum absolute atomic E-state index is 0.0300. The van der Waals surface area contributed by atoms with Gasteiger partial charge in [0.15, 0.2) is 0 Å². The standard InChI is InChI=1S/C25H32N2O4S2/c1-25(2,3)33(4,5)31-16-19-6-7-23(26-15-19)27-24(29)20-12-21(28)14-22(13-20)30-10-8-18-9-11-32-17-18/h6-7,9,11-15,17,28H,8,10,16H2,1-5H3,(H,26,27,29). The highest BCUT2D eigenvalue weighted by Crippen LogP contribution is 2.54. The Morgan fingerprint density at radius 3 is 2.58 bits per heavy atom. The van der Waals surface area contributed by atoms with Gasteiger partial charge >= 0.3 is 0 Å². The zero-order valence-corrected chi connectivity index (χ0v) is 21.4. The molecule has 8 heteroatoms. The fourth-order valence-electron chi connectivity index (χ4n) is 2.68. The second kappa shape index (κ2) is 10.6. The third-order valence-electron chi connectivity index (χ3n) is 5.45. The minimum atomic E-state index is -1.22. The van der Waals surface area contributed by atoms with Gasteiger partial charge in [0.2, 0.25) is 0 Å². The van der Waals surface area contributed by atoms with Gasteiger partial charge in [0.1, 0.15) is 17.3 Å². The molecule has 0 radical (unpaired) electrons. The Hall–Kier alpha value is -2.55. The summed E-state index contributed by atoms with van der Waals surface area (Å²) in [5.74, 6) is 0.468. The molecule has 33 heavy (non-hydrogen) atoms. The number of phenols is 1. The largest absolute Gasteiger partial charge is 0.508 e. The molecule has 0 aliphatic carbocycles. The van der Waals surface area contributed by atoms with Gasteiger partial charge in [0, 0.05) is 29.0 Å². The molecule has 0 fully saturated rings. The van der Waals surface area contributed by atoms with Crippen molar-refractivity contribution >= 4 is 33.4 Å². The first-order valence-electron chi connectivity index (χ1n) is 10.6. The predicted octanol–water partition coefficient (Wildman–Crippen LogP) is 6.02. The summed E-state index contributed by atoms with van der Waals surface area (Å²) in [5, 5.41) is 16.9. The van der Waals surface area contributed by atoms with Crippen molar-refractivity contribution in [3.05, 3.63) is 70.0 Å². The molecule has 2 N–H and O–H groups in total. The van der Waals surface area contributed by atoms with Crippen LogP contribution in [0.4, 0.5) is 5.82 Å². The maximum atomic E-state index is 12.7. The molecule has 0 atom stereocenters. The summed E-state index contributed by atoms with van der Waals surface area (Å²) in [7, 11) is -1.22. The van der Waals surface area contributed by atoms with Gasteiger partial charge in [-0.05, 0) is 58.7 Å². The monoisotopic (exact) mass is 488 g/mol. The highest BCUT2D eigenvalue weighted by Gasteiger charge is 2.28. The van der Waals surface area contributed by atoms with Crippen LogP contribution in [0.15, 0.2) is 53.4 Å². The number of amides is 1. The van der Waals surface area contributed by atoms with Crippen LogP contribution in [0.1, 0.15) is 42.3 Å². The van der Waals surface area contributed by atoms with E-state index in [0.717, 1.165) is 12.0 Å². The first-order chi connectivity index (χ1) is 15.5. The molecule has 0 spiro atoms. The van der Waals surface area contributed by atoms with E-state index in [1.54, 1.807) is 29.7 Å². The van der Waals surface area contributed by atoms with Gasteiger partial charge in [-0.15, -0.1) is 10.3 Å². The molecule has 1 aromatic carbocycles. The highest BCUT2D eigenvalue weighted by molar-refractivity contribution is 8.29. The predicted molar refractivity (Wildman–Crippen MR) is 138 cm³/mol. The Kier molecular flexibility index (Phi) is 8.05. The van der Waals surface area contributed by atoms with E-state index in [2.05, 4.69) is 49.0 Å². The third-order valence-corrected chi connectivity index (χ3v) is 9.84. The zero-order chi connectivity index (χ0) is 24.1. The summed E-state index contributed by atoms with van der Waals surface area (Å²) in [5.41, 5.74) is 2.43. The van der Waals surface area contributed by atoms with Gasteiger partial charge in [-0.25, -0.2) is 4.98 Å². The van der Waals surface area contributed by atoms with Crippen molar-refractivity contribution in [2.45, 2.75) is 38.5 Å². The van der Waals surface area contributed by atoms with Crippen molar-refractivity contribution in [1.29, 1.82) is 0 Å². The van der Waals surface area contributed by atoms with Crippen LogP contribution in [-0.4, -0.2) is 39.9 Å². The average Bonchev–Trinajstić information content (AvgIpc) is 3.25. The van der Waals surface area contributed by atoms with Crippen molar-refractivity contribution < 1.29 is 18.8 Å². The van der Waals surface area contributed by atoms with E-state index in [4.69, 9.17) is 8.92 Å². The number of benzene rings is 1. The number of anilines is 1. The fourth-order valence-corrected chi connectivity index (χ4v) is 4.17. The lowest BCUT2D eigenvalue weighted by Crippen LogP contribution is -2.25. The van der Waals surface area contributed by atoms with Crippen LogP contribution in [0.25, 0.3) is 0 Å². The number of phenolic OH excluding ortho intramolecular Hbond substituents is 1. The SMILES string of the molecule is CC(C)(C)S(C)(C)OCc1ccc(NC(=O)c2cc(O)cc(OCCc3ccsc3)c2)nc1. The number of aromatic hydroxyl groups is 1. The number of carbonyl (C=O) groups is 1. The van der Waals surface area contributed by atoms with Crippen LogP contribution in [-0.2, 0) is 17.2 Å². The number of hydrogen-bond donors (Lipinski definition) is 2. The van der Waals surface area contributed by atoms with Gasteiger partial charge in [0.25, 0.3) is 5.91 Å². The fraction of sp³-hybridized carbons (Fsp3) is 0.360. The Morgan fingerprint density at radius 2 is 1.94 bits per heavy atom. The molecule has 178 valence electrons. The second-order valence-corrected chi connectivity index (χ2v) is 13.8. The first kappa shape index (κ1) is 25.1. The number of pyridine rings is 1. The van der Waals surface area contributed by atoms with Crippen molar-refractivity contribution in [2.24, 2.45) is 0 Å². The maximum absolute atomic E-state index is 12.7. The molecule has 1 amide bonds. The highest BCUT2D eigenvalue weighted by atomic mass is 32.3. The van der Waals surface area contributed by atoms with Gasteiger partial charge < -0.3 is 19.3 Å². The normalized spacial score (nSPS) is 12.4. The van der Waals surface area contributed by atoms with E-state index in [1.165, 1.54) is 17.7 Å². The molecule has 0 aliphatic heterocycles. The Balaban J connectivity index is 1.57. The molecule has 0 bridgehead atoms. The first-order valence-corrected chi connectivity index (χ1v) is 14.0. The molecule has 2 aromatic heterocycles. The average molecular weight is 489 g/mol. The molecule has 6 nitrogen and oxygen atoms in total. The van der Waals surface area contributed by atoms with E-state index < -0.39 is 10.3 Å². The lowest BCUT2D eigenvalue weighted by atomic mass is 10.2. The van der Waals surface area contributed by atoms with E-state index in [9.17, 15) is 9.90 Å². The lowest BCUT2D eigenvalue weighted by molar-refractivity contribution is 0.102. The van der Waals surface area contributed by atoms with Crippen LogP contribution in [0.5, 0.6) is 11.5 Å². The maximum Gasteiger partial charge on any atom is 0.257 e. The lowest BCUT2D eigenvalue weighted by Gasteiger charge is -2.43. The molecule has 2 heterocycles. The minimum Gasteiger partial charge on any atom is -0.508 e. The number of carbonyl (C=O) groups excluding carboxylic acids is 1. The Labute approximate surface area is 201 Å². The second-order valence-electron chi connectivity index (χ2n) is 9.06. The summed E-state index contributed by atoms with van der Waals surface area (Å²) in [6.07, 6.45) is 6.78. The number of rotatable bonds is 9. The number of hydrogen-bond acceptors (Lipinski definition) is 6. The van der Waals surface area contributed by atoms with Gasteiger partial charge in [-0.2, -0.15) is 11.3 Å². The van der Waals surface area contributed by atoms with Crippen LogP contribution in [0, 0.1) is 0 Å². The molecule has 0 saturated carbocycles. The van der Waals surface area contributed by atoms with Crippen molar-refractivity contribution in [2.75, 3.05) is 24.4 Å². The molecule has 0 unspecified atom stereocenters. The topological polar surface area (TPSA) is 80.7 Å². The number of aromatic nitrogens is 1.